The zero-order valence-electron chi connectivity index (χ0n) is 14.9. The highest BCUT2D eigenvalue weighted by molar-refractivity contribution is 5.74. The number of ether oxygens (including phenoxy) is 1. The maximum Gasteiger partial charge on any atom is 0.244 e. The first-order valence-electron chi connectivity index (χ1n) is 8.30. The molecule has 0 aliphatic carbocycles. The summed E-state index contributed by atoms with van der Waals surface area (Å²) in [6.07, 6.45) is 1.50. The second-order valence-corrected chi connectivity index (χ2v) is 6.46. The van der Waals surface area contributed by atoms with Gasteiger partial charge in [-0.1, -0.05) is 30.3 Å². The van der Waals surface area contributed by atoms with E-state index in [1.54, 1.807) is 0 Å². The van der Waals surface area contributed by atoms with Gasteiger partial charge >= 0.3 is 0 Å². The number of aliphatic hydroxyl groups is 1. The Morgan fingerprint density at radius 1 is 1.12 bits per heavy atom. The fraction of sp³-hybridized carbons (Fsp3) is 0.350. The van der Waals surface area contributed by atoms with E-state index in [4.69, 9.17) is 4.74 Å². The Bertz CT molecular complexity index is 831. The lowest BCUT2D eigenvalue weighted by atomic mass is 10.1. The van der Waals surface area contributed by atoms with Crippen LogP contribution in [0.2, 0.25) is 0 Å². The molecule has 3 aromatic rings. The van der Waals surface area contributed by atoms with Crippen LogP contribution in [0.4, 0.5) is 0 Å². The average molecular weight is 452 g/mol. The average Bonchev–Trinajstić information content (AvgIpc) is 2.84. The molecule has 1 aromatic heterocycles. The molecule has 1 N–H and O–H groups in total. The molecule has 0 saturated heterocycles. The molecule has 0 amide bonds. The molecule has 4 nitrogen and oxygen atoms in total. The van der Waals surface area contributed by atoms with Crippen LogP contribution in [0.1, 0.15) is 16.7 Å². The van der Waals surface area contributed by atoms with Crippen molar-refractivity contribution in [3.8, 4) is 0 Å². The minimum atomic E-state index is -0.536. The van der Waals surface area contributed by atoms with Gasteiger partial charge in [-0.3, -0.25) is 0 Å². The van der Waals surface area contributed by atoms with E-state index < -0.39 is 6.10 Å². The van der Waals surface area contributed by atoms with Gasteiger partial charge in [-0.05, 0) is 42.7 Å². The summed E-state index contributed by atoms with van der Waals surface area (Å²) in [5.74, 6) is 0. The van der Waals surface area contributed by atoms with Crippen LogP contribution in [0.3, 0.4) is 0 Å². The van der Waals surface area contributed by atoms with Crippen molar-refractivity contribution in [2.45, 2.75) is 33.1 Å². The first-order valence-corrected chi connectivity index (χ1v) is 8.30. The van der Waals surface area contributed by atoms with Gasteiger partial charge in [0.2, 0.25) is 6.33 Å². The number of aromatic nitrogens is 2. The summed E-state index contributed by atoms with van der Waals surface area (Å²) in [6, 6.07) is 14.4. The van der Waals surface area contributed by atoms with Gasteiger partial charge in [0, 0.05) is 0 Å². The Balaban J connectivity index is 0.00000225. The smallest absolute Gasteiger partial charge is 0.244 e. The molecule has 0 spiro atoms. The largest absolute Gasteiger partial charge is 1.00 e. The van der Waals surface area contributed by atoms with Crippen molar-refractivity contribution in [2.24, 2.45) is 7.05 Å². The summed E-state index contributed by atoms with van der Waals surface area (Å²) in [5, 5.41) is 10.3. The molecule has 134 valence electrons. The van der Waals surface area contributed by atoms with Gasteiger partial charge in [0.25, 0.3) is 0 Å². The van der Waals surface area contributed by atoms with Crippen LogP contribution < -0.4 is 28.5 Å². The van der Waals surface area contributed by atoms with Crippen molar-refractivity contribution in [2.75, 3.05) is 6.61 Å². The molecule has 0 fully saturated rings. The summed E-state index contributed by atoms with van der Waals surface area (Å²) in [6.45, 7) is 5.61. The standard InChI is InChI=1S/C20H25N2O2.HI/c1-15-9-19-20(10-16(15)2)22(14-21(19)3)11-18(23)13-24-12-17-7-5-4-6-8-17;/h4-10,14,18,23H,11-13H2,1-3H3;1H/q+1;/p-1. The second-order valence-electron chi connectivity index (χ2n) is 6.46. The molecule has 5 heteroatoms. The fourth-order valence-electron chi connectivity index (χ4n) is 2.94. The van der Waals surface area contributed by atoms with Gasteiger partial charge in [0.15, 0.2) is 11.0 Å². The lowest BCUT2D eigenvalue weighted by Crippen LogP contribution is -3.00. The number of hydrogen-bond donors (Lipinski definition) is 1. The molecule has 0 bridgehead atoms. The van der Waals surface area contributed by atoms with E-state index in [2.05, 4.69) is 35.1 Å². The van der Waals surface area contributed by atoms with Crippen molar-refractivity contribution >= 4 is 11.0 Å². The first-order chi connectivity index (χ1) is 11.5. The highest BCUT2D eigenvalue weighted by Gasteiger charge is 2.17. The van der Waals surface area contributed by atoms with Crippen LogP contribution in [0.25, 0.3) is 11.0 Å². The lowest BCUT2D eigenvalue weighted by molar-refractivity contribution is -0.645. The van der Waals surface area contributed by atoms with E-state index >= 15 is 0 Å². The predicted molar refractivity (Wildman–Crippen MR) is 94.7 cm³/mol. The van der Waals surface area contributed by atoms with Gasteiger partial charge in [-0.2, -0.15) is 0 Å². The van der Waals surface area contributed by atoms with Crippen LogP contribution in [-0.2, 0) is 24.9 Å². The summed E-state index contributed by atoms with van der Waals surface area (Å²) in [7, 11) is 2.03. The molecule has 0 saturated carbocycles. The van der Waals surface area contributed by atoms with E-state index in [0.29, 0.717) is 19.8 Å². The van der Waals surface area contributed by atoms with Crippen molar-refractivity contribution in [3.63, 3.8) is 0 Å². The van der Waals surface area contributed by atoms with Crippen LogP contribution in [-0.4, -0.2) is 22.4 Å². The summed E-state index contributed by atoms with van der Waals surface area (Å²) in [4.78, 5) is 0. The van der Waals surface area contributed by atoms with E-state index in [-0.39, 0.29) is 24.0 Å². The molecule has 25 heavy (non-hydrogen) atoms. The molecule has 3 rings (SSSR count). The quantitative estimate of drug-likeness (QED) is 0.411. The van der Waals surface area contributed by atoms with Crippen molar-refractivity contribution in [1.29, 1.82) is 0 Å². The number of rotatable bonds is 6. The van der Waals surface area contributed by atoms with Crippen LogP contribution in [0.5, 0.6) is 0 Å². The number of benzene rings is 2. The Hall–Kier alpha value is -1.44. The minimum Gasteiger partial charge on any atom is -1.00 e. The SMILES string of the molecule is Cc1cc2c(cc1C)[n+](C)cn2CC(O)COCc1ccccc1.[I-]. The van der Waals surface area contributed by atoms with Gasteiger partial charge in [0.05, 0.1) is 20.3 Å². The Morgan fingerprint density at radius 3 is 2.52 bits per heavy atom. The molecular weight excluding hydrogens is 427 g/mol. The van der Waals surface area contributed by atoms with E-state index in [0.717, 1.165) is 11.1 Å². The number of imidazole rings is 1. The van der Waals surface area contributed by atoms with Gasteiger partial charge in [-0.15, -0.1) is 0 Å². The molecule has 1 heterocycles. The van der Waals surface area contributed by atoms with Gasteiger partial charge in [-0.25, -0.2) is 9.13 Å². The van der Waals surface area contributed by atoms with E-state index in [1.807, 2.05) is 43.7 Å². The zero-order chi connectivity index (χ0) is 17.1. The first kappa shape index (κ1) is 19.9. The molecule has 1 atom stereocenters. The number of fused-ring (bicyclic) bond motifs is 1. The maximum atomic E-state index is 10.3. The number of halogens is 1. The number of aliphatic hydroxyl groups excluding tert-OH is 1. The summed E-state index contributed by atoms with van der Waals surface area (Å²) >= 11 is 0. The predicted octanol–water partition coefficient (Wildman–Crippen LogP) is -0.336. The topological polar surface area (TPSA) is 38.3 Å². The molecule has 1 unspecified atom stereocenters. The number of nitrogens with zero attached hydrogens (tertiary/aromatic N) is 2. The minimum absolute atomic E-state index is 0. The third-order valence-electron chi connectivity index (χ3n) is 4.42. The van der Waals surface area contributed by atoms with Crippen molar-refractivity contribution < 1.29 is 38.4 Å². The van der Waals surface area contributed by atoms with E-state index in [1.165, 1.54) is 16.6 Å². The number of hydrogen-bond acceptors (Lipinski definition) is 2. The second kappa shape index (κ2) is 8.78. The van der Waals surface area contributed by atoms with Crippen molar-refractivity contribution in [1.82, 2.24) is 4.57 Å². The van der Waals surface area contributed by atoms with Crippen LogP contribution in [0, 0.1) is 13.8 Å². The fourth-order valence-corrected chi connectivity index (χ4v) is 2.94. The molecular formula is C20H25IN2O2. The highest BCUT2D eigenvalue weighted by Crippen LogP contribution is 2.17. The third-order valence-corrected chi connectivity index (χ3v) is 4.42. The molecule has 2 aromatic carbocycles. The van der Waals surface area contributed by atoms with Gasteiger partial charge < -0.3 is 33.8 Å². The normalized spacial score (nSPS) is 12.2. The maximum absolute atomic E-state index is 10.3. The van der Waals surface area contributed by atoms with Crippen LogP contribution in [0.15, 0.2) is 48.8 Å². The molecule has 0 aliphatic rings. The summed E-state index contributed by atoms with van der Waals surface area (Å²) in [5.41, 5.74) is 5.98. The van der Waals surface area contributed by atoms with Crippen molar-refractivity contribution in [3.05, 3.63) is 65.5 Å². The number of aryl methyl sites for hydroxylation is 3. The third kappa shape index (κ3) is 4.80. The molecule has 0 radical (unpaired) electrons. The lowest BCUT2D eigenvalue weighted by Gasteiger charge is -2.10. The Kier molecular flexibility index (Phi) is 6.98. The van der Waals surface area contributed by atoms with Crippen LogP contribution >= 0.6 is 0 Å². The Morgan fingerprint density at radius 2 is 1.80 bits per heavy atom. The van der Waals surface area contributed by atoms with Gasteiger partial charge in [0.1, 0.15) is 12.6 Å². The summed E-state index contributed by atoms with van der Waals surface area (Å²) < 4.78 is 9.84. The molecule has 0 aliphatic heterocycles. The van der Waals surface area contributed by atoms with E-state index in [9.17, 15) is 5.11 Å². The zero-order valence-corrected chi connectivity index (χ0v) is 17.1. The Labute approximate surface area is 166 Å². The monoisotopic (exact) mass is 452 g/mol. The highest BCUT2D eigenvalue weighted by atomic mass is 127.